The Hall–Kier alpha value is -3.66. The number of aliphatic hydroxyl groups is 2. The highest BCUT2D eigenvalue weighted by Crippen LogP contribution is 2.32. The maximum Gasteiger partial charge on any atom is 0.273 e. The normalized spacial score (nSPS) is 15.3. The van der Waals surface area contributed by atoms with Gasteiger partial charge in [-0.25, -0.2) is 8.42 Å². The number of fused-ring (bicyclic) bond motifs is 2. The van der Waals surface area contributed by atoms with Gasteiger partial charge in [0, 0.05) is 85.5 Å². The number of nitrogens with one attached hydrogen (secondary N) is 2. The molecule has 2 aromatic carbocycles. The van der Waals surface area contributed by atoms with Gasteiger partial charge in [0.2, 0.25) is 0 Å². The number of nitro groups is 2. The summed E-state index contributed by atoms with van der Waals surface area (Å²) in [6.07, 6.45) is 3.10. The van der Waals surface area contributed by atoms with Crippen LogP contribution in [0.15, 0.2) is 36.4 Å². The van der Waals surface area contributed by atoms with Gasteiger partial charge in [0.1, 0.15) is 21.0 Å². The van der Waals surface area contributed by atoms with Gasteiger partial charge in [-0.05, 0) is 64.8 Å². The van der Waals surface area contributed by atoms with Crippen LogP contribution in [0.25, 0.3) is 21.8 Å². The van der Waals surface area contributed by atoms with Crippen molar-refractivity contribution in [2.24, 2.45) is 0 Å². The molecular formula is C28H36N4O9S2. The zero-order valence-corrected chi connectivity index (χ0v) is 26.4. The molecule has 13 nitrogen and oxygen atoms in total. The Balaban J connectivity index is 0.000000236. The number of hydrogen-bond donors (Lipinski definition) is 4. The van der Waals surface area contributed by atoms with E-state index in [1.165, 1.54) is 19.1 Å². The van der Waals surface area contributed by atoms with Gasteiger partial charge in [-0.3, -0.25) is 24.4 Å². The predicted octanol–water partition coefficient (Wildman–Crippen LogP) is 4.39. The molecule has 0 saturated heterocycles. The van der Waals surface area contributed by atoms with Crippen LogP contribution in [0.4, 0.5) is 11.4 Å². The van der Waals surface area contributed by atoms with Crippen molar-refractivity contribution < 1.29 is 32.7 Å². The van der Waals surface area contributed by atoms with Gasteiger partial charge >= 0.3 is 0 Å². The number of hydrogen-bond acceptors (Lipinski definition) is 9. The van der Waals surface area contributed by atoms with E-state index in [0.717, 1.165) is 11.8 Å². The first-order valence-electron chi connectivity index (χ1n) is 13.2. The summed E-state index contributed by atoms with van der Waals surface area (Å²) in [4.78, 5) is 27.2. The van der Waals surface area contributed by atoms with Gasteiger partial charge in [0.15, 0.2) is 0 Å². The van der Waals surface area contributed by atoms with Crippen LogP contribution in [0.2, 0.25) is 0 Å². The molecule has 4 aromatic rings. The number of H-pyrrole nitrogens is 2. The van der Waals surface area contributed by atoms with Crippen LogP contribution in [0.3, 0.4) is 0 Å². The molecule has 0 aliphatic heterocycles. The molecule has 4 rings (SSSR count). The summed E-state index contributed by atoms with van der Waals surface area (Å²) in [5.74, 6) is 0.246. The highest BCUT2D eigenvalue weighted by Gasteiger charge is 2.28. The van der Waals surface area contributed by atoms with Gasteiger partial charge in [-0.2, -0.15) is 0 Å². The van der Waals surface area contributed by atoms with Crippen LogP contribution >= 0.6 is 0 Å². The van der Waals surface area contributed by atoms with Gasteiger partial charge in [0.05, 0.1) is 15.6 Å². The predicted molar refractivity (Wildman–Crippen MR) is 166 cm³/mol. The van der Waals surface area contributed by atoms with Gasteiger partial charge in [-0.15, -0.1) is 0 Å². The standard InChI is InChI=1S/C14H18N2O5S.C14H18N2O4S/c1-9-6-11-10(7-12(9)16(18)19)8-13(15-11)14(2,17)4-5-22(3,20)21;1-9-6-11-10(7-12(9)16(18)19)8-13(15-11)14(2,17)4-5-21(3)20/h6-8,15,17H,4-5H2,1-3H3;6-8,15,17H,4-5H2,1-3H3. The second-order valence-corrected chi connectivity index (χ2v) is 15.1. The first-order valence-corrected chi connectivity index (χ1v) is 17.0. The number of nitrogens with zero attached hydrogens (tertiary/aromatic N) is 2. The maximum atomic E-state index is 11.2. The van der Waals surface area contributed by atoms with E-state index in [-0.39, 0.29) is 23.5 Å². The first-order chi connectivity index (χ1) is 19.7. The van der Waals surface area contributed by atoms with Crippen LogP contribution in [0.1, 0.15) is 49.2 Å². The average molecular weight is 637 g/mol. The third kappa shape index (κ3) is 8.46. The van der Waals surface area contributed by atoms with E-state index in [2.05, 4.69) is 9.97 Å². The maximum absolute atomic E-state index is 11.2. The molecule has 15 heteroatoms. The van der Waals surface area contributed by atoms with Crippen LogP contribution in [-0.4, -0.2) is 66.7 Å². The van der Waals surface area contributed by atoms with E-state index in [1.807, 2.05) is 0 Å². The third-order valence-electron chi connectivity index (χ3n) is 7.26. The fourth-order valence-electron chi connectivity index (χ4n) is 4.52. The van der Waals surface area contributed by atoms with Crippen molar-refractivity contribution in [1.82, 2.24) is 9.97 Å². The fraction of sp³-hybridized carbons (Fsp3) is 0.429. The molecule has 0 saturated carbocycles. The lowest BCUT2D eigenvalue weighted by Crippen LogP contribution is -2.25. The van der Waals surface area contributed by atoms with Gasteiger partial charge in [-0.1, -0.05) is 0 Å². The van der Waals surface area contributed by atoms with Crippen LogP contribution in [-0.2, 0) is 31.8 Å². The number of aryl methyl sites for hydroxylation is 2. The van der Waals surface area contributed by atoms with E-state index in [4.69, 9.17) is 0 Å². The Kier molecular flexibility index (Phi) is 9.85. The third-order valence-corrected chi connectivity index (χ3v) is 8.99. The molecule has 0 fully saturated rings. The van der Waals surface area contributed by atoms with Crippen LogP contribution in [0.5, 0.6) is 0 Å². The Morgan fingerprint density at radius 1 is 0.814 bits per heavy atom. The Bertz CT molecular complexity index is 1820. The molecule has 3 unspecified atom stereocenters. The minimum absolute atomic E-state index is 0.00817. The first kappa shape index (κ1) is 33.8. The fourth-order valence-corrected chi connectivity index (χ4v) is 5.98. The molecule has 3 atom stereocenters. The van der Waals surface area contributed by atoms with Crippen molar-refractivity contribution in [2.75, 3.05) is 24.0 Å². The summed E-state index contributed by atoms with van der Waals surface area (Å²) in [7, 11) is -4.16. The van der Waals surface area contributed by atoms with E-state index < -0.39 is 41.7 Å². The lowest BCUT2D eigenvalue weighted by Gasteiger charge is -2.21. The van der Waals surface area contributed by atoms with Gasteiger partial charge < -0.3 is 20.2 Å². The minimum Gasteiger partial charge on any atom is -0.384 e. The summed E-state index contributed by atoms with van der Waals surface area (Å²) in [6.45, 7) is 6.48. The van der Waals surface area contributed by atoms with Crippen molar-refractivity contribution in [3.63, 3.8) is 0 Å². The number of benzene rings is 2. The zero-order chi connectivity index (χ0) is 32.5. The molecule has 2 aromatic heterocycles. The van der Waals surface area contributed by atoms with Crippen molar-refractivity contribution in [3.05, 3.63) is 79.1 Å². The molecule has 2 heterocycles. The summed E-state index contributed by atoms with van der Waals surface area (Å²) < 4.78 is 33.7. The lowest BCUT2D eigenvalue weighted by atomic mass is 9.99. The SMILES string of the molecule is Cc1cc2[nH]c(C(C)(O)CCS(C)(=O)=O)cc2cc1[N+](=O)[O-].Cc1cc2[nH]c(C(C)(O)CCS(C)=O)cc2cc1[N+](=O)[O-]. The number of aromatic amines is 2. The summed E-state index contributed by atoms with van der Waals surface area (Å²) in [5, 5.41) is 44.2. The van der Waals surface area contributed by atoms with Crippen molar-refractivity contribution in [1.29, 1.82) is 0 Å². The Morgan fingerprint density at radius 3 is 1.56 bits per heavy atom. The van der Waals surface area contributed by atoms with E-state index in [1.54, 1.807) is 51.3 Å². The molecule has 0 aliphatic carbocycles. The number of aromatic nitrogens is 2. The second kappa shape index (κ2) is 12.5. The molecule has 0 aliphatic rings. The number of rotatable bonds is 10. The average Bonchev–Trinajstić information content (AvgIpc) is 3.49. The van der Waals surface area contributed by atoms with Crippen LogP contribution in [0, 0.1) is 34.1 Å². The molecule has 0 radical (unpaired) electrons. The number of sulfone groups is 1. The highest BCUT2D eigenvalue weighted by molar-refractivity contribution is 7.90. The molecule has 43 heavy (non-hydrogen) atoms. The van der Waals surface area contributed by atoms with E-state index >= 15 is 0 Å². The van der Waals surface area contributed by atoms with Crippen LogP contribution < -0.4 is 0 Å². The highest BCUT2D eigenvalue weighted by atomic mass is 32.2. The van der Waals surface area contributed by atoms with Crippen molar-refractivity contribution >= 4 is 53.8 Å². The molecular weight excluding hydrogens is 600 g/mol. The monoisotopic (exact) mass is 636 g/mol. The molecule has 4 N–H and O–H groups in total. The second-order valence-electron chi connectivity index (χ2n) is 11.3. The summed E-state index contributed by atoms with van der Waals surface area (Å²) in [6, 6.07) is 9.61. The van der Waals surface area contributed by atoms with Crippen molar-refractivity contribution in [2.45, 2.75) is 51.7 Å². The Labute approximate surface area is 251 Å². The molecule has 234 valence electrons. The largest absolute Gasteiger partial charge is 0.384 e. The minimum atomic E-state index is -3.18. The quantitative estimate of drug-likeness (QED) is 0.143. The van der Waals surface area contributed by atoms with Gasteiger partial charge in [0.25, 0.3) is 11.4 Å². The summed E-state index contributed by atoms with van der Waals surface area (Å²) >= 11 is 0. The van der Waals surface area contributed by atoms with E-state index in [9.17, 15) is 43.1 Å². The zero-order valence-electron chi connectivity index (χ0n) is 24.8. The van der Waals surface area contributed by atoms with Crippen molar-refractivity contribution in [3.8, 4) is 0 Å². The topological polar surface area (TPSA) is 210 Å². The smallest absolute Gasteiger partial charge is 0.273 e. The molecule has 0 spiro atoms. The Morgan fingerprint density at radius 2 is 1.21 bits per heavy atom. The lowest BCUT2D eigenvalue weighted by molar-refractivity contribution is -0.385. The molecule has 0 bridgehead atoms. The van der Waals surface area contributed by atoms with E-state index in [0.29, 0.717) is 51.0 Å². The number of nitro benzene ring substituents is 2. The summed E-state index contributed by atoms with van der Waals surface area (Å²) in [5.41, 5.74) is 1.06. The molecule has 0 amide bonds.